The van der Waals surface area contributed by atoms with E-state index in [4.69, 9.17) is 15.5 Å². The Morgan fingerprint density at radius 3 is 2.18 bits per heavy atom. The molecule has 0 aliphatic carbocycles. The highest BCUT2D eigenvalue weighted by atomic mass is 16.5. The number of rotatable bonds is 28. The summed E-state index contributed by atoms with van der Waals surface area (Å²) in [6.45, 7) is 7.72. The van der Waals surface area contributed by atoms with Gasteiger partial charge >= 0.3 is 0 Å². The summed E-state index contributed by atoms with van der Waals surface area (Å²) in [6, 6.07) is 9.75. The number of likely N-dealkylation sites (N-methyl/N-ethyl adjacent to an activating group) is 1. The van der Waals surface area contributed by atoms with E-state index in [1.54, 1.807) is 42.9 Å². The van der Waals surface area contributed by atoms with Crippen LogP contribution in [-0.4, -0.2) is 165 Å². The SMILES string of the molecule is CCCC[C@](C)(COCNC(=O)CNC(=O)[C@H](Cc1ccccc1)NC(=O)CNC(=O)CNC(=O)CCCCCN1C(=O)C=CC1=O)Nc1nc(N)nc2cc(-c3cnc(CN4CCN(C)CC4)nc3)cnc12. The van der Waals surface area contributed by atoms with Crippen LogP contribution in [0.25, 0.3) is 22.2 Å². The minimum atomic E-state index is -1.09. The molecule has 0 spiro atoms. The number of ether oxygens (including phenoxy) is 1. The number of pyridine rings is 1. The van der Waals surface area contributed by atoms with Crippen molar-refractivity contribution >= 4 is 64.1 Å². The van der Waals surface area contributed by atoms with Gasteiger partial charge in [0.1, 0.15) is 24.1 Å². The molecule has 1 saturated heterocycles. The Labute approximate surface area is 424 Å². The summed E-state index contributed by atoms with van der Waals surface area (Å²) in [7, 11) is 2.12. The Morgan fingerprint density at radius 1 is 0.781 bits per heavy atom. The third kappa shape index (κ3) is 17.6. The van der Waals surface area contributed by atoms with Crippen molar-refractivity contribution in [2.75, 3.05) is 83.8 Å². The monoisotopic (exact) mass is 1010 g/mol. The van der Waals surface area contributed by atoms with Crippen LogP contribution in [0.15, 0.2) is 67.1 Å². The number of carbonyl (C=O) groups excluding carboxylic acids is 7. The Kier molecular flexibility index (Phi) is 20.5. The molecule has 0 saturated carbocycles. The number of benzene rings is 1. The molecule has 1 aromatic carbocycles. The first-order valence-electron chi connectivity index (χ1n) is 24.6. The second-order valence-corrected chi connectivity index (χ2v) is 18.4. The fraction of sp³-hybridized carbons (Fsp3) is 0.480. The number of carbonyl (C=O) groups is 7. The Balaban J connectivity index is 0.935. The molecule has 4 aromatic rings. The standard InChI is InChI=1S/C50H67N15O8/c1-4-5-17-50(2,62-47-46-37(60-49(51)61-47)24-35(25-56-46)36-26-52-39(53-27-36)31-64-21-19-63(3)20-22-64)32-73-33-58-42(68)29-57-48(72)38(23-34-12-8-6-9-13-34)59-43(69)30-55-41(67)28-54-40(66)14-10-7-11-18-65-44(70)15-16-45(65)71/h6,8-9,12-13,15-16,24-27,38H,4-5,7,10-11,14,17-23,28-33H2,1-3H3,(H,54,66)(H,55,67)(H,57,72)(H,58,68)(H,59,69)(H3,51,60,61,62)/t38-,50+/m0/s1. The van der Waals surface area contributed by atoms with E-state index >= 15 is 0 Å². The van der Waals surface area contributed by atoms with Gasteiger partial charge in [0.15, 0.2) is 5.82 Å². The van der Waals surface area contributed by atoms with Gasteiger partial charge < -0.3 is 47.3 Å². The molecule has 0 bridgehead atoms. The number of nitrogens with one attached hydrogen (secondary N) is 6. The molecule has 390 valence electrons. The van der Waals surface area contributed by atoms with E-state index in [1.165, 1.54) is 12.2 Å². The van der Waals surface area contributed by atoms with Crippen LogP contribution in [0, 0.1) is 0 Å². The van der Waals surface area contributed by atoms with E-state index in [2.05, 4.69) is 75.6 Å². The number of nitrogens with zero attached hydrogens (tertiary/aromatic N) is 8. The lowest BCUT2D eigenvalue weighted by Crippen LogP contribution is -2.52. The number of aromatic nitrogens is 5. The molecule has 2 atom stereocenters. The number of piperazine rings is 1. The molecule has 2 aliphatic rings. The molecule has 2 aliphatic heterocycles. The number of amides is 7. The van der Waals surface area contributed by atoms with E-state index in [-0.39, 0.29) is 62.9 Å². The molecule has 6 rings (SSSR count). The van der Waals surface area contributed by atoms with E-state index < -0.39 is 48.3 Å². The van der Waals surface area contributed by atoms with Crippen LogP contribution in [-0.2, 0) is 51.3 Å². The van der Waals surface area contributed by atoms with Gasteiger partial charge in [0.2, 0.25) is 35.5 Å². The highest BCUT2D eigenvalue weighted by Gasteiger charge is 2.28. The maximum Gasteiger partial charge on any atom is 0.253 e. The van der Waals surface area contributed by atoms with E-state index in [0.717, 1.165) is 66.4 Å². The second kappa shape index (κ2) is 27.4. The molecular weight excluding hydrogens is 939 g/mol. The predicted molar refractivity (Wildman–Crippen MR) is 271 cm³/mol. The van der Waals surface area contributed by atoms with Crippen molar-refractivity contribution in [1.29, 1.82) is 0 Å². The smallest absolute Gasteiger partial charge is 0.253 e. The summed E-state index contributed by atoms with van der Waals surface area (Å²) in [5.41, 5.74) is 8.90. The summed E-state index contributed by atoms with van der Waals surface area (Å²) < 4.78 is 5.97. The van der Waals surface area contributed by atoms with Crippen LogP contribution in [0.3, 0.4) is 0 Å². The molecule has 7 amide bonds. The maximum absolute atomic E-state index is 13.4. The highest BCUT2D eigenvalue weighted by molar-refractivity contribution is 6.12. The fourth-order valence-electron chi connectivity index (χ4n) is 8.05. The minimum Gasteiger partial charge on any atom is -0.368 e. The second-order valence-electron chi connectivity index (χ2n) is 18.4. The van der Waals surface area contributed by atoms with Crippen LogP contribution >= 0.6 is 0 Å². The van der Waals surface area contributed by atoms with Gasteiger partial charge in [-0.25, -0.2) is 15.0 Å². The molecule has 5 heterocycles. The van der Waals surface area contributed by atoms with Crippen LogP contribution in [0.4, 0.5) is 11.8 Å². The number of hydrogen-bond acceptors (Lipinski definition) is 17. The third-order valence-electron chi connectivity index (χ3n) is 12.3. The average Bonchev–Trinajstić information content (AvgIpc) is 3.70. The lowest BCUT2D eigenvalue weighted by molar-refractivity contribution is -0.137. The summed E-state index contributed by atoms with van der Waals surface area (Å²) in [5, 5.41) is 16.3. The van der Waals surface area contributed by atoms with Crippen molar-refractivity contribution in [3.8, 4) is 11.1 Å². The van der Waals surface area contributed by atoms with Crippen molar-refractivity contribution in [3.05, 3.63) is 78.5 Å². The van der Waals surface area contributed by atoms with Crippen molar-refractivity contribution in [3.63, 3.8) is 0 Å². The Morgan fingerprint density at radius 2 is 1.45 bits per heavy atom. The molecule has 0 unspecified atom stereocenters. The molecule has 1 fully saturated rings. The lowest BCUT2D eigenvalue weighted by atomic mass is 9.95. The van der Waals surface area contributed by atoms with Crippen molar-refractivity contribution in [2.24, 2.45) is 0 Å². The first kappa shape index (κ1) is 54.8. The first-order valence-corrected chi connectivity index (χ1v) is 24.6. The average molecular weight is 1010 g/mol. The van der Waals surface area contributed by atoms with Gasteiger partial charge in [0.05, 0.1) is 43.8 Å². The van der Waals surface area contributed by atoms with Crippen molar-refractivity contribution in [2.45, 2.75) is 83.3 Å². The van der Waals surface area contributed by atoms with Gasteiger partial charge in [-0.05, 0) is 44.9 Å². The van der Waals surface area contributed by atoms with Gasteiger partial charge in [0.25, 0.3) is 11.8 Å². The molecular formula is C50H67N15O8. The van der Waals surface area contributed by atoms with Gasteiger partial charge in [0, 0.05) is 87.4 Å². The number of hydrogen-bond donors (Lipinski definition) is 7. The van der Waals surface area contributed by atoms with E-state index in [9.17, 15) is 33.6 Å². The minimum absolute atomic E-state index is 0.0601. The Hall–Kier alpha value is -7.50. The molecule has 3 aromatic heterocycles. The maximum atomic E-state index is 13.4. The summed E-state index contributed by atoms with van der Waals surface area (Å²) >= 11 is 0. The van der Waals surface area contributed by atoms with Gasteiger partial charge in [-0.3, -0.25) is 48.3 Å². The van der Waals surface area contributed by atoms with Crippen LogP contribution in [0.2, 0.25) is 0 Å². The number of imide groups is 1. The molecule has 8 N–H and O–H groups in total. The van der Waals surface area contributed by atoms with Crippen LogP contribution in [0.5, 0.6) is 0 Å². The number of nitrogen functional groups attached to an aromatic ring is 1. The van der Waals surface area contributed by atoms with Gasteiger partial charge in [-0.15, -0.1) is 0 Å². The first-order chi connectivity index (χ1) is 35.2. The number of nitrogens with two attached hydrogens (primary N) is 1. The zero-order chi connectivity index (χ0) is 52.2. The predicted octanol–water partition coefficient (Wildman–Crippen LogP) is 0.824. The van der Waals surface area contributed by atoms with E-state index in [0.29, 0.717) is 49.1 Å². The Bertz CT molecular complexity index is 2560. The van der Waals surface area contributed by atoms with Gasteiger partial charge in [-0.2, -0.15) is 4.98 Å². The third-order valence-corrected chi connectivity index (χ3v) is 12.3. The zero-order valence-corrected chi connectivity index (χ0v) is 41.8. The fourth-order valence-corrected chi connectivity index (χ4v) is 8.05. The van der Waals surface area contributed by atoms with Crippen molar-refractivity contribution in [1.82, 2.24) is 66.2 Å². The van der Waals surface area contributed by atoms with Crippen LogP contribution in [0.1, 0.15) is 70.2 Å². The zero-order valence-electron chi connectivity index (χ0n) is 41.8. The number of unbranched alkanes of at least 4 members (excludes halogenated alkanes) is 3. The topological polar surface area (TPSA) is 301 Å². The normalized spacial score (nSPS) is 15.1. The molecule has 0 radical (unpaired) electrons. The lowest BCUT2D eigenvalue weighted by Gasteiger charge is -2.31. The summed E-state index contributed by atoms with van der Waals surface area (Å²) in [4.78, 5) is 116. The van der Waals surface area contributed by atoms with Crippen LogP contribution < -0.4 is 37.6 Å². The molecule has 73 heavy (non-hydrogen) atoms. The van der Waals surface area contributed by atoms with Crippen molar-refractivity contribution < 1.29 is 38.3 Å². The molecule has 23 heteroatoms. The number of fused-ring (bicyclic) bond motifs is 1. The largest absolute Gasteiger partial charge is 0.368 e. The van der Waals surface area contributed by atoms with E-state index in [1.807, 2.05) is 19.1 Å². The molecule has 23 nitrogen and oxygen atoms in total. The summed E-state index contributed by atoms with van der Waals surface area (Å²) in [5.74, 6) is -2.27. The number of anilines is 2. The highest BCUT2D eigenvalue weighted by Crippen LogP contribution is 2.28. The summed E-state index contributed by atoms with van der Waals surface area (Å²) in [6.07, 6.45) is 12.1. The quantitative estimate of drug-likeness (QED) is 0.0235. The van der Waals surface area contributed by atoms with Gasteiger partial charge in [-0.1, -0.05) is 56.5 Å².